The number of nitrogens with zero attached hydrogens (tertiary/aromatic N) is 1. The van der Waals surface area contributed by atoms with Crippen LogP contribution in [0.1, 0.15) is 39.5 Å². The zero-order chi connectivity index (χ0) is 13.4. The molecule has 0 bridgehead atoms. The highest BCUT2D eigenvalue weighted by Gasteiger charge is 2.19. The van der Waals surface area contributed by atoms with Crippen LogP contribution in [0.2, 0.25) is 0 Å². The van der Waals surface area contributed by atoms with Crippen molar-refractivity contribution in [2.75, 3.05) is 33.4 Å². The number of ether oxygens (including phenoxy) is 2. The molecule has 0 saturated carbocycles. The van der Waals surface area contributed by atoms with Gasteiger partial charge in [0.05, 0.1) is 19.6 Å². The van der Waals surface area contributed by atoms with Gasteiger partial charge >= 0.3 is 5.97 Å². The van der Waals surface area contributed by atoms with E-state index in [1.165, 1.54) is 13.5 Å². The van der Waals surface area contributed by atoms with Crippen LogP contribution in [0.4, 0.5) is 0 Å². The number of carbonyl (C=O) groups is 1. The van der Waals surface area contributed by atoms with E-state index in [4.69, 9.17) is 9.47 Å². The fourth-order valence-corrected chi connectivity index (χ4v) is 2.16. The first-order valence-electron chi connectivity index (χ1n) is 7.02. The van der Waals surface area contributed by atoms with Crippen LogP contribution in [0.3, 0.4) is 0 Å². The maximum atomic E-state index is 11.2. The zero-order valence-electron chi connectivity index (χ0n) is 12.0. The van der Waals surface area contributed by atoms with Gasteiger partial charge in [0.25, 0.3) is 0 Å². The first-order chi connectivity index (χ1) is 8.61. The van der Waals surface area contributed by atoms with E-state index in [0.29, 0.717) is 18.4 Å². The van der Waals surface area contributed by atoms with Gasteiger partial charge in [0.1, 0.15) is 0 Å². The maximum absolute atomic E-state index is 11.2. The van der Waals surface area contributed by atoms with E-state index in [-0.39, 0.29) is 5.97 Å². The Kier molecular flexibility index (Phi) is 7.28. The second-order valence-electron chi connectivity index (χ2n) is 5.44. The predicted octanol–water partition coefficient (Wildman–Crippen LogP) is 2.08. The molecule has 106 valence electrons. The average Bonchev–Trinajstić information content (AvgIpc) is 2.84. The number of esters is 1. The van der Waals surface area contributed by atoms with Crippen molar-refractivity contribution in [1.29, 1.82) is 0 Å². The summed E-state index contributed by atoms with van der Waals surface area (Å²) in [4.78, 5) is 13.6. The molecule has 0 aliphatic carbocycles. The first-order valence-corrected chi connectivity index (χ1v) is 7.02. The summed E-state index contributed by atoms with van der Waals surface area (Å²) in [5, 5.41) is 0. The van der Waals surface area contributed by atoms with Crippen molar-refractivity contribution in [1.82, 2.24) is 4.90 Å². The molecule has 1 rings (SSSR count). The first kappa shape index (κ1) is 15.4. The van der Waals surface area contributed by atoms with E-state index in [9.17, 15) is 4.79 Å². The van der Waals surface area contributed by atoms with Gasteiger partial charge in [-0.3, -0.25) is 4.79 Å². The SMILES string of the molecule is COC(=O)CCN(CCC(C)C)CC1CCCO1. The fraction of sp³-hybridized carbons (Fsp3) is 0.929. The van der Waals surface area contributed by atoms with Crippen LogP contribution in [0, 0.1) is 5.92 Å². The lowest BCUT2D eigenvalue weighted by molar-refractivity contribution is -0.141. The molecule has 4 nitrogen and oxygen atoms in total. The molecule has 1 fully saturated rings. The Hall–Kier alpha value is -0.610. The molecule has 0 spiro atoms. The van der Waals surface area contributed by atoms with Gasteiger partial charge in [-0.2, -0.15) is 0 Å². The minimum atomic E-state index is -0.128. The highest BCUT2D eigenvalue weighted by molar-refractivity contribution is 5.69. The van der Waals surface area contributed by atoms with Crippen LogP contribution in [0.25, 0.3) is 0 Å². The van der Waals surface area contributed by atoms with E-state index in [1.54, 1.807) is 0 Å². The van der Waals surface area contributed by atoms with Crippen LogP contribution in [-0.4, -0.2) is 50.3 Å². The van der Waals surface area contributed by atoms with Crippen molar-refractivity contribution in [3.05, 3.63) is 0 Å². The van der Waals surface area contributed by atoms with Gasteiger partial charge in [0.15, 0.2) is 0 Å². The number of rotatable bonds is 8. The highest BCUT2D eigenvalue weighted by atomic mass is 16.5. The molecule has 4 heteroatoms. The van der Waals surface area contributed by atoms with E-state index < -0.39 is 0 Å². The summed E-state index contributed by atoms with van der Waals surface area (Å²) in [5.74, 6) is 0.562. The van der Waals surface area contributed by atoms with Crippen molar-refractivity contribution >= 4 is 5.97 Å². The zero-order valence-corrected chi connectivity index (χ0v) is 12.0. The summed E-state index contributed by atoms with van der Waals surface area (Å²) >= 11 is 0. The Morgan fingerprint density at radius 2 is 2.22 bits per heavy atom. The third-order valence-electron chi connectivity index (χ3n) is 3.37. The Morgan fingerprint density at radius 1 is 1.44 bits per heavy atom. The van der Waals surface area contributed by atoms with Gasteiger partial charge < -0.3 is 14.4 Å². The van der Waals surface area contributed by atoms with Crippen LogP contribution >= 0.6 is 0 Å². The number of hydrogen-bond donors (Lipinski definition) is 0. The largest absolute Gasteiger partial charge is 0.469 e. The number of carbonyl (C=O) groups excluding carboxylic acids is 1. The topological polar surface area (TPSA) is 38.8 Å². The second kappa shape index (κ2) is 8.48. The van der Waals surface area contributed by atoms with Crippen LogP contribution in [0.15, 0.2) is 0 Å². The van der Waals surface area contributed by atoms with Crippen LogP contribution in [-0.2, 0) is 14.3 Å². The Balaban J connectivity index is 2.32. The second-order valence-corrected chi connectivity index (χ2v) is 5.44. The molecule has 1 unspecified atom stereocenters. The summed E-state index contributed by atoms with van der Waals surface area (Å²) < 4.78 is 10.4. The molecule has 1 heterocycles. The fourth-order valence-electron chi connectivity index (χ4n) is 2.16. The van der Waals surface area contributed by atoms with Gasteiger partial charge in [-0.1, -0.05) is 13.8 Å². The van der Waals surface area contributed by atoms with E-state index >= 15 is 0 Å². The van der Waals surface area contributed by atoms with Crippen molar-refractivity contribution < 1.29 is 14.3 Å². The summed E-state index contributed by atoms with van der Waals surface area (Å²) in [6.07, 6.45) is 4.31. The molecule has 1 aliphatic rings. The molecule has 1 aliphatic heterocycles. The minimum absolute atomic E-state index is 0.128. The van der Waals surface area contributed by atoms with Crippen molar-refractivity contribution in [3.8, 4) is 0 Å². The van der Waals surface area contributed by atoms with Gasteiger partial charge in [-0.15, -0.1) is 0 Å². The maximum Gasteiger partial charge on any atom is 0.306 e. The molecule has 0 amide bonds. The molecule has 1 atom stereocenters. The number of hydrogen-bond acceptors (Lipinski definition) is 4. The predicted molar refractivity (Wildman–Crippen MR) is 71.5 cm³/mol. The molecule has 0 N–H and O–H groups in total. The lowest BCUT2D eigenvalue weighted by Gasteiger charge is -2.25. The highest BCUT2D eigenvalue weighted by Crippen LogP contribution is 2.14. The van der Waals surface area contributed by atoms with E-state index in [1.807, 2.05) is 0 Å². The quantitative estimate of drug-likeness (QED) is 0.624. The van der Waals surface area contributed by atoms with E-state index in [0.717, 1.165) is 39.1 Å². The Bertz CT molecular complexity index is 237. The lowest BCUT2D eigenvalue weighted by atomic mass is 10.1. The molecule has 18 heavy (non-hydrogen) atoms. The van der Waals surface area contributed by atoms with Crippen LogP contribution < -0.4 is 0 Å². The minimum Gasteiger partial charge on any atom is -0.469 e. The monoisotopic (exact) mass is 257 g/mol. The average molecular weight is 257 g/mol. The Labute approximate surface area is 111 Å². The number of methoxy groups -OCH3 is 1. The molecular formula is C14H27NO3. The summed E-state index contributed by atoms with van der Waals surface area (Å²) in [6.45, 7) is 8.10. The van der Waals surface area contributed by atoms with Gasteiger partial charge in [-0.05, 0) is 31.7 Å². The standard InChI is InChI=1S/C14H27NO3/c1-12(2)6-8-15(9-7-14(16)17-3)11-13-5-4-10-18-13/h12-13H,4-11H2,1-3H3. The van der Waals surface area contributed by atoms with Crippen molar-refractivity contribution in [2.24, 2.45) is 5.92 Å². The molecular weight excluding hydrogens is 230 g/mol. The normalized spacial score (nSPS) is 19.7. The third kappa shape index (κ3) is 6.36. The smallest absolute Gasteiger partial charge is 0.306 e. The summed E-state index contributed by atoms with van der Waals surface area (Å²) in [7, 11) is 1.45. The van der Waals surface area contributed by atoms with E-state index in [2.05, 4.69) is 18.7 Å². The third-order valence-corrected chi connectivity index (χ3v) is 3.37. The Morgan fingerprint density at radius 3 is 2.78 bits per heavy atom. The van der Waals surface area contributed by atoms with Gasteiger partial charge in [-0.25, -0.2) is 0 Å². The summed E-state index contributed by atoms with van der Waals surface area (Å²) in [5.41, 5.74) is 0. The molecule has 0 radical (unpaired) electrons. The van der Waals surface area contributed by atoms with Crippen molar-refractivity contribution in [2.45, 2.75) is 45.6 Å². The van der Waals surface area contributed by atoms with Crippen LogP contribution in [0.5, 0.6) is 0 Å². The molecule has 0 aromatic carbocycles. The molecule has 1 saturated heterocycles. The molecule has 0 aromatic heterocycles. The molecule has 0 aromatic rings. The van der Waals surface area contributed by atoms with Gasteiger partial charge in [0, 0.05) is 19.7 Å². The summed E-state index contributed by atoms with van der Waals surface area (Å²) in [6, 6.07) is 0. The van der Waals surface area contributed by atoms with Gasteiger partial charge in [0.2, 0.25) is 0 Å². The lowest BCUT2D eigenvalue weighted by Crippen LogP contribution is -2.35. The van der Waals surface area contributed by atoms with Crippen molar-refractivity contribution in [3.63, 3.8) is 0 Å².